The van der Waals surface area contributed by atoms with Gasteiger partial charge < -0.3 is 10.1 Å². The maximum Gasteiger partial charge on any atom is 0.231 e. The van der Waals surface area contributed by atoms with Gasteiger partial charge in [-0.2, -0.15) is 4.52 Å². The number of halogens is 2. The third-order valence-electron chi connectivity index (χ3n) is 4.27. The molecule has 0 spiro atoms. The average Bonchev–Trinajstić information content (AvgIpc) is 3.16. The summed E-state index contributed by atoms with van der Waals surface area (Å²) < 4.78 is 21.6. The van der Waals surface area contributed by atoms with Gasteiger partial charge in [-0.15, -0.1) is 15.3 Å². The van der Waals surface area contributed by atoms with Gasteiger partial charge in [-0.05, 0) is 35.9 Å². The number of nitrogens with one attached hydrogen (secondary N) is 1. The van der Waals surface area contributed by atoms with Crippen LogP contribution in [-0.4, -0.2) is 38.9 Å². The fraction of sp³-hybridized carbons (Fsp3) is 0.143. The molecule has 9 heteroatoms. The van der Waals surface area contributed by atoms with E-state index in [1.807, 2.05) is 24.3 Å². The summed E-state index contributed by atoms with van der Waals surface area (Å²) in [4.78, 5) is 12.0. The van der Waals surface area contributed by atoms with Crippen LogP contribution >= 0.6 is 15.9 Å². The molecule has 1 amide bonds. The van der Waals surface area contributed by atoms with Crippen LogP contribution in [0.1, 0.15) is 5.56 Å². The van der Waals surface area contributed by atoms with E-state index < -0.39 is 0 Å². The van der Waals surface area contributed by atoms with Crippen molar-refractivity contribution in [3.8, 4) is 17.3 Å². The summed E-state index contributed by atoms with van der Waals surface area (Å²) in [5, 5.41) is 15.3. The molecule has 0 unspecified atom stereocenters. The van der Waals surface area contributed by atoms with Gasteiger partial charge in [0, 0.05) is 16.1 Å². The monoisotopic (exact) mass is 469 g/mol. The van der Waals surface area contributed by atoms with Crippen LogP contribution in [0.25, 0.3) is 17.0 Å². The molecule has 2 aromatic heterocycles. The molecule has 30 heavy (non-hydrogen) atoms. The fourth-order valence-corrected chi connectivity index (χ4v) is 3.12. The molecule has 0 bridgehead atoms. The normalized spacial score (nSPS) is 10.9. The molecule has 0 radical (unpaired) electrons. The molecule has 4 aromatic rings. The first kappa shape index (κ1) is 20.0. The topological polar surface area (TPSA) is 81.4 Å². The van der Waals surface area contributed by atoms with Gasteiger partial charge in [0.25, 0.3) is 0 Å². The lowest BCUT2D eigenvalue weighted by Gasteiger charge is -2.08. The summed E-state index contributed by atoms with van der Waals surface area (Å²) >= 11 is 3.37. The number of hydrogen-bond acceptors (Lipinski definition) is 5. The smallest absolute Gasteiger partial charge is 0.231 e. The third kappa shape index (κ3) is 4.80. The molecule has 0 saturated heterocycles. The van der Waals surface area contributed by atoms with Gasteiger partial charge in [0.1, 0.15) is 12.4 Å². The van der Waals surface area contributed by atoms with Crippen LogP contribution in [0.5, 0.6) is 5.88 Å². The number of nitrogens with zero attached hydrogens (tertiary/aromatic N) is 4. The van der Waals surface area contributed by atoms with Crippen molar-refractivity contribution in [1.82, 2.24) is 25.1 Å². The Kier molecular flexibility index (Phi) is 5.99. The van der Waals surface area contributed by atoms with Gasteiger partial charge in [-0.25, -0.2) is 4.39 Å². The summed E-state index contributed by atoms with van der Waals surface area (Å²) in [5.41, 5.74) is 2.01. The van der Waals surface area contributed by atoms with E-state index in [0.717, 1.165) is 10.0 Å². The van der Waals surface area contributed by atoms with E-state index in [1.54, 1.807) is 24.3 Å². The van der Waals surface area contributed by atoms with Crippen LogP contribution in [-0.2, 0) is 11.2 Å². The first-order chi connectivity index (χ1) is 14.6. The van der Waals surface area contributed by atoms with Gasteiger partial charge in [0.05, 0.1) is 13.0 Å². The first-order valence-electron chi connectivity index (χ1n) is 9.21. The highest BCUT2D eigenvalue weighted by atomic mass is 79.9. The number of ether oxygens (including phenoxy) is 1. The zero-order valence-electron chi connectivity index (χ0n) is 15.8. The molecular weight excluding hydrogens is 453 g/mol. The van der Waals surface area contributed by atoms with Crippen molar-refractivity contribution in [2.75, 3.05) is 13.2 Å². The molecule has 0 aliphatic rings. The first-order valence-corrected chi connectivity index (χ1v) is 10.00. The second-order valence-corrected chi connectivity index (χ2v) is 7.39. The standard InChI is InChI=1S/C21H17BrFN5O2/c22-16-6-4-14(5-7-16)12-19(29)24-10-11-30-20-9-8-18-25-26-21(28(18)27-20)15-2-1-3-17(23)13-15/h1-9,13H,10-12H2,(H,24,29). The molecule has 0 aliphatic heterocycles. The van der Waals surface area contributed by atoms with E-state index in [-0.39, 0.29) is 18.3 Å². The Balaban J connectivity index is 1.34. The van der Waals surface area contributed by atoms with E-state index in [4.69, 9.17) is 4.74 Å². The summed E-state index contributed by atoms with van der Waals surface area (Å²) in [6.45, 7) is 0.593. The van der Waals surface area contributed by atoms with Crippen molar-refractivity contribution in [3.63, 3.8) is 0 Å². The van der Waals surface area contributed by atoms with Gasteiger partial charge in [-0.1, -0.05) is 40.2 Å². The largest absolute Gasteiger partial charge is 0.475 e. The molecule has 0 saturated carbocycles. The highest BCUT2D eigenvalue weighted by Crippen LogP contribution is 2.19. The Morgan fingerprint density at radius 2 is 1.93 bits per heavy atom. The SMILES string of the molecule is O=C(Cc1ccc(Br)cc1)NCCOc1ccc2nnc(-c3cccc(F)c3)n2n1. The Labute approximate surface area is 180 Å². The molecule has 0 atom stereocenters. The predicted octanol–water partition coefficient (Wildman–Crippen LogP) is 3.43. The number of aromatic nitrogens is 4. The molecular formula is C21H17BrFN5O2. The third-order valence-corrected chi connectivity index (χ3v) is 4.80. The number of rotatable bonds is 7. The van der Waals surface area contributed by atoms with E-state index in [2.05, 4.69) is 36.5 Å². The van der Waals surface area contributed by atoms with E-state index in [0.29, 0.717) is 35.9 Å². The number of amides is 1. The molecule has 4 rings (SSSR count). The molecule has 1 N–H and O–H groups in total. The lowest BCUT2D eigenvalue weighted by Crippen LogP contribution is -2.29. The van der Waals surface area contributed by atoms with Crippen LogP contribution in [0.2, 0.25) is 0 Å². The summed E-state index contributed by atoms with van der Waals surface area (Å²) in [6, 6.07) is 17.0. The minimum absolute atomic E-state index is 0.0865. The molecule has 2 heterocycles. The quantitative estimate of drug-likeness (QED) is 0.419. The van der Waals surface area contributed by atoms with Crippen molar-refractivity contribution in [1.29, 1.82) is 0 Å². The van der Waals surface area contributed by atoms with Gasteiger partial charge in [-0.3, -0.25) is 4.79 Å². The minimum atomic E-state index is -0.365. The van der Waals surface area contributed by atoms with Gasteiger partial charge >= 0.3 is 0 Å². The maximum absolute atomic E-state index is 13.5. The van der Waals surface area contributed by atoms with Crippen molar-refractivity contribution >= 4 is 27.5 Å². The lowest BCUT2D eigenvalue weighted by atomic mass is 10.1. The summed E-state index contributed by atoms with van der Waals surface area (Å²) in [7, 11) is 0. The zero-order chi connectivity index (χ0) is 20.9. The van der Waals surface area contributed by atoms with Crippen molar-refractivity contribution in [3.05, 3.63) is 76.5 Å². The molecule has 2 aromatic carbocycles. The predicted molar refractivity (Wildman–Crippen MR) is 113 cm³/mol. The Morgan fingerprint density at radius 1 is 1.10 bits per heavy atom. The van der Waals surface area contributed by atoms with Crippen molar-refractivity contribution in [2.24, 2.45) is 0 Å². The number of hydrogen-bond donors (Lipinski definition) is 1. The second-order valence-electron chi connectivity index (χ2n) is 6.48. The fourth-order valence-electron chi connectivity index (χ4n) is 2.85. The van der Waals surface area contributed by atoms with Crippen LogP contribution < -0.4 is 10.1 Å². The number of benzene rings is 2. The molecule has 0 fully saturated rings. The van der Waals surface area contributed by atoms with E-state index in [1.165, 1.54) is 16.6 Å². The Hall–Kier alpha value is -3.33. The number of carbonyl (C=O) groups excluding carboxylic acids is 1. The van der Waals surface area contributed by atoms with Crippen molar-refractivity contribution < 1.29 is 13.9 Å². The molecule has 0 aliphatic carbocycles. The minimum Gasteiger partial charge on any atom is -0.475 e. The van der Waals surface area contributed by atoms with Gasteiger partial charge in [0.15, 0.2) is 11.5 Å². The van der Waals surface area contributed by atoms with Crippen LogP contribution in [0.15, 0.2) is 65.1 Å². The van der Waals surface area contributed by atoms with E-state index >= 15 is 0 Å². The van der Waals surface area contributed by atoms with Crippen LogP contribution in [0.3, 0.4) is 0 Å². The van der Waals surface area contributed by atoms with E-state index in [9.17, 15) is 9.18 Å². The second kappa shape index (κ2) is 9.00. The lowest BCUT2D eigenvalue weighted by molar-refractivity contribution is -0.120. The summed E-state index contributed by atoms with van der Waals surface area (Å²) in [5.74, 6) is 0.312. The van der Waals surface area contributed by atoms with Crippen LogP contribution in [0.4, 0.5) is 4.39 Å². The Morgan fingerprint density at radius 3 is 2.73 bits per heavy atom. The molecule has 152 valence electrons. The highest BCUT2D eigenvalue weighted by molar-refractivity contribution is 9.10. The highest BCUT2D eigenvalue weighted by Gasteiger charge is 2.11. The molecule has 7 nitrogen and oxygen atoms in total. The zero-order valence-corrected chi connectivity index (χ0v) is 17.3. The average molecular weight is 470 g/mol. The van der Waals surface area contributed by atoms with Crippen LogP contribution in [0, 0.1) is 5.82 Å². The number of fused-ring (bicyclic) bond motifs is 1. The van der Waals surface area contributed by atoms with Gasteiger partial charge in [0.2, 0.25) is 11.8 Å². The maximum atomic E-state index is 13.5. The Bertz CT molecular complexity index is 1180. The van der Waals surface area contributed by atoms with Crippen molar-refractivity contribution in [2.45, 2.75) is 6.42 Å². The number of carbonyl (C=O) groups is 1. The summed E-state index contributed by atoms with van der Waals surface area (Å²) in [6.07, 6.45) is 0.301.